The molecule has 2 nitrogen and oxygen atoms in total. The number of rotatable bonds is 3. The SMILES string of the molecule is CC(C)(C1CC2CC1C1C3CCC(C3)C21)C12C=CC(C1)C(C(=O)O)C2. The van der Waals surface area contributed by atoms with E-state index in [2.05, 4.69) is 26.0 Å². The molecule has 0 aromatic carbocycles. The highest BCUT2D eigenvalue weighted by molar-refractivity contribution is 5.72. The molecule has 0 heterocycles. The van der Waals surface area contributed by atoms with Crippen molar-refractivity contribution in [1.82, 2.24) is 0 Å². The summed E-state index contributed by atoms with van der Waals surface area (Å²) in [5, 5.41) is 9.65. The lowest BCUT2D eigenvalue weighted by Crippen LogP contribution is -2.46. The van der Waals surface area contributed by atoms with Gasteiger partial charge in [0.05, 0.1) is 5.92 Å². The van der Waals surface area contributed by atoms with E-state index in [1.807, 2.05) is 0 Å². The molecule has 25 heavy (non-hydrogen) atoms. The third-order valence-corrected chi connectivity index (χ3v) is 10.6. The first-order chi connectivity index (χ1) is 11.9. The number of carboxylic acid groups (broad SMARTS) is 1. The van der Waals surface area contributed by atoms with Crippen molar-refractivity contribution in [2.45, 2.75) is 58.8 Å². The van der Waals surface area contributed by atoms with Gasteiger partial charge >= 0.3 is 5.97 Å². The van der Waals surface area contributed by atoms with Crippen LogP contribution in [0.5, 0.6) is 0 Å². The molecule has 10 atom stereocenters. The van der Waals surface area contributed by atoms with E-state index >= 15 is 0 Å². The Bertz CT molecular complexity index is 663. The van der Waals surface area contributed by atoms with Gasteiger partial charge in [-0.2, -0.15) is 0 Å². The zero-order valence-corrected chi connectivity index (χ0v) is 15.7. The van der Waals surface area contributed by atoms with Gasteiger partial charge in [0.2, 0.25) is 0 Å². The van der Waals surface area contributed by atoms with E-state index in [9.17, 15) is 9.90 Å². The van der Waals surface area contributed by atoms with Crippen molar-refractivity contribution >= 4 is 5.97 Å². The Morgan fingerprint density at radius 1 is 1.04 bits per heavy atom. The highest BCUT2D eigenvalue weighted by Crippen LogP contribution is 2.74. The highest BCUT2D eigenvalue weighted by atomic mass is 16.4. The summed E-state index contributed by atoms with van der Waals surface area (Å²) < 4.78 is 0. The molecule has 0 amide bonds. The number of aliphatic carboxylic acids is 1. The van der Waals surface area contributed by atoms with Crippen molar-refractivity contribution in [1.29, 1.82) is 0 Å². The second-order valence-electron chi connectivity index (χ2n) is 11.2. The molecule has 6 rings (SSSR count). The van der Waals surface area contributed by atoms with E-state index < -0.39 is 5.97 Å². The summed E-state index contributed by atoms with van der Waals surface area (Å²) in [5.74, 6) is 6.63. The van der Waals surface area contributed by atoms with Gasteiger partial charge < -0.3 is 5.11 Å². The van der Waals surface area contributed by atoms with Crippen molar-refractivity contribution in [3.05, 3.63) is 12.2 Å². The summed E-state index contributed by atoms with van der Waals surface area (Å²) in [6.07, 6.45) is 14.2. The Balaban J connectivity index is 1.32. The molecule has 0 aromatic heterocycles. The van der Waals surface area contributed by atoms with Gasteiger partial charge in [-0.15, -0.1) is 0 Å². The maximum absolute atomic E-state index is 11.7. The lowest BCUT2D eigenvalue weighted by atomic mass is 9.52. The molecule has 0 aromatic rings. The van der Waals surface area contributed by atoms with Gasteiger partial charge in [-0.05, 0) is 103 Å². The van der Waals surface area contributed by atoms with Gasteiger partial charge in [0.25, 0.3) is 0 Å². The van der Waals surface area contributed by atoms with Crippen LogP contribution in [-0.4, -0.2) is 11.1 Å². The number of fused-ring (bicyclic) bond motifs is 11. The van der Waals surface area contributed by atoms with Gasteiger partial charge in [0.15, 0.2) is 0 Å². The van der Waals surface area contributed by atoms with E-state index in [-0.39, 0.29) is 16.7 Å². The fourth-order valence-electron chi connectivity index (χ4n) is 9.61. The van der Waals surface area contributed by atoms with Gasteiger partial charge in [-0.1, -0.05) is 26.0 Å². The summed E-state index contributed by atoms with van der Waals surface area (Å²) in [7, 11) is 0. The summed E-state index contributed by atoms with van der Waals surface area (Å²) in [4.78, 5) is 11.7. The Morgan fingerprint density at radius 2 is 1.80 bits per heavy atom. The monoisotopic (exact) mass is 340 g/mol. The second-order valence-corrected chi connectivity index (χ2v) is 11.2. The van der Waals surface area contributed by atoms with Gasteiger partial charge in [0.1, 0.15) is 0 Å². The van der Waals surface area contributed by atoms with Crippen molar-refractivity contribution in [2.24, 2.45) is 64.1 Å². The van der Waals surface area contributed by atoms with Gasteiger partial charge in [-0.3, -0.25) is 4.79 Å². The van der Waals surface area contributed by atoms with E-state index in [1.165, 1.54) is 25.7 Å². The molecule has 5 fully saturated rings. The fraction of sp³-hybridized carbons (Fsp3) is 0.870. The normalized spacial score (nSPS) is 57.6. The lowest BCUT2D eigenvalue weighted by Gasteiger charge is -2.52. The van der Waals surface area contributed by atoms with E-state index in [0.29, 0.717) is 5.92 Å². The van der Waals surface area contributed by atoms with Crippen molar-refractivity contribution in [3.8, 4) is 0 Å². The molecule has 0 saturated heterocycles. The Kier molecular flexibility index (Phi) is 2.78. The maximum Gasteiger partial charge on any atom is 0.307 e. The second kappa shape index (κ2) is 4.54. The first kappa shape index (κ1) is 15.3. The maximum atomic E-state index is 11.7. The van der Waals surface area contributed by atoms with Gasteiger partial charge in [-0.25, -0.2) is 0 Å². The van der Waals surface area contributed by atoms with Crippen LogP contribution in [0.3, 0.4) is 0 Å². The average Bonchev–Trinajstić information content (AvgIpc) is 3.41. The third kappa shape index (κ3) is 1.66. The first-order valence-corrected chi connectivity index (χ1v) is 10.8. The smallest absolute Gasteiger partial charge is 0.307 e. The predicted molar refractivity (Wildman–Crippen MR) is 96.7 cm³/mol. The molecule has 6 bridgehead atoms. The number of allylic oxidation sites excluding steroid dienone is 2. The molecule has 0 radical (unpaired) electrons. The van der Waals surface area contributed by atoms with Crippen LogP contribution in [0.15, 0.2) is 12.2 Å². The van der Waals surface area contributed by atoms with Crippen LogP contribution < -0.4 is 0 Å². The molecular formula is C23H32O2. The van der Waals surface area contributed by atoms with Crippen LogP contribution in [0.2, 0.25) is 0 Å². The molecule has 0 spiro atoms. The minimum atomic E-state index is -0.562. The quantitative estimate of drug-likeness (QED) is 0.580. The van der Waals surface area contributed by atoms with E-state index in [0.717, 1.165) is 54.3 Å². The van der Waals surface area contributed by atoms with Crippen LogP contribution >= 0.6 is 0 Å². The van der Waals surface area contributed by atoms with Crippen LogP contribution in [0.1, 0.15) is 58.8 Å². The minimum Gasteiger partial charge on any atom is -0.481 e. The molecule has 5 saturated carbocycles. The van der Waals surface area contributed by atoms with E-state index in [4.69, 9.17) is 0 Å². The van der Waals surface area contributed by atoms with Crippen LogP contribution in [0, 0.1) is 64.1 Å². The minimum absolute atomic E-state index is 0.127. The van der Waals surface area contributed by atoms with Crippen LogP contribution in [0.25, 0.3) is 0 Å². The molecule has 10 unspecified atom stereocenters. The zero-order chi connectivity index (χ0) is 17.1. The molecule has 2 heteroatoms. The molecule has 1 N–H and O–H groups in total. The molecular weight excluding hydrogens is 308 g/mol. The van der Waals surface area contributed by atoms with Crippen molar-refractivity contribution < 1.29 is 9.90 Å². The first-order valence-electron chi connectivity index (χ1n) is 10.8. The number of carbonyl (C=O) groups is 1. The molecule has 0 aliphatic heterocycles. The largest absolute Gasteiger partial charge is 0.481 e. The van der Waals surface area contributed by atoms with Crippen molar-refractivity contribution in [2.75, 3.05) is 0 Å². The molecule has 6 aliphatic rings. The van der Waals surface area contributed by atoms with Gasteiger partial charge in [0, 0.05) is 0 Å². The summed E-state index contributed by atoms with van der Waals surface area (Å²) >= 11 is 0. The molecule has 136 valence electrons. The third-order valence-electron chi connectivity index (χ3n) is 10.6. The summed E-state index contributed by atoms with van der Waals surface area (Å²) in [6, 6.07) is 0. The van der Waals surface area contributed by atoms with Crippen molar-refractivity contribution in [3.63, 3.8) is 0 Å². The Labute approximate surface area is 151 Å². The Morgan fingerprint density at radius 3 is 2.52 bits per heavy atom. The number of carboxylic acids is 1. The topological polar surface area (TPSA) is 37.3 Å². The highest BCUT2D eigenvalue weighted by Gasteiger charge is 2.67. The zero-order valence-electron chi connectivity index (χ0n) is 15.7. The number of hydrogen-bond donors (Lipinski definition) is 1. The lowest BCUT2D eigenvalue weighted by molar-refractivity contribution is -0.143. The van der Waals surface area contributed by atoms with Crippen LogP contribution in [-0.2, 0) is 4.79 Å². The Hall–Kier alpha value is -0.790. The standard InChI is InChI=1S/C23H32O2/c1-22(2,23-6-5-14(10-23)17(11-23)21(24)25)18-9-15-8-16(18)20-13-4-3-12(7-13)19(15)20/h5-6,12-20H,3-4,7-11H2,1-2H3,(H,24,25). The van der Waals surface area contributed by atoms with E-state index in [1.54, 1.807) is 6.42 Å². The predicted octanol–water partition coefficient (Wildman–Crippen LogP) is 5.00. The molecule has 6 aliphatic carbocycles. The van der Waals surface area contributed by atoms with Crippen LogP contribution in [0.4, 0.5) is 0 Å². The fourth-order valence-corrected chi connectivity index (χ4v) is 9.61. The summed E-state index contributed by atoms with van der Waals surface area (Å²) in [6.45, 7) is 5.02. The number of hydrogen-bond acceptors (Lipinski definition) is 1. The average molecular weight is 341 g/mol. The summed E-state index contributed by atoms with van der Waals surface area (Å²) in [5.41, 5.74) is 0.414.